The van der Waals surface area contributed by atoms with Crippen molar-refractivity contribution in [3.8, 4) is 22.3 Å². The lowest BCUT2D eigenvalue weighted by Gasteiger charge is -2.35. The van der Waals surface area contributed by atoms with Crippen molar-refractivity contribution in [3.05, 3.63) is 101 Å². The molecular formula is C40H47F3. The number of aryl methyl sites for hydroxylation is 1. The van der Waals surface area contributed by atoms with Crippen molar-refractivity contribution in [1.82, 2.24) is 0 Å². The van der Waals surface area contributed by atoms with E-state index >= 15 is 4.39 Å². The summed E-state index contributed by atoms with van der Waals surface area (Å²) in [5.41, 5.74) is 4.70. The zero-order chi connectivity index (χ0) is 30.2. The number of hydrogen-bond donors (Lipinski definition) is 0. The quantitative estimate of drug-likeness (QED) is 0.155. The van der Waals surface area contributed by atoms with E-state index in [2.05, 4.69) is 13.0 Å². The minimum atomic E-state index is -0.820. The summed E-state index contributed by atoms with van der Waals surface area (Å²) < 4.78 is 45.0. The predicted molar refractivity (Wildman–Crippen MR) is 175 cm³/mol. The first-order chi connectivity index (χ1) is 21.0. The first-order valence-corrected chi connectivity index (χ1v) is 16.7. The maximum Gasteiger partial charge on any atom is 0.166 e. The van der Waals surface area contributed by atoms with E-state index in [0.29, 0.717) is 29.5 Å². The van der Waals surface area contributed by atoms with Crippen molar-refractivity contribution >= 4 is 5.57 Å². The van der Waals surface area contributed by atoms with Crippen LogP contribution < -0.4 is 0 Å². The Hall–Kier alpha value is -3.07. The highest BCUT2D eigenvalue weighted by Gasteiger charge is 2.29. The summed E-state index contributed by atoms with van der Waals surface area (Å²) in [6, 6.07) is 16.1. The third kappa shape index (κ3) is 7.72. The van der Waals surface area contributed by atoms with Crippen molar-refractivity contribution in [3.63, 3.8) is 0 Å². The molecule has 0 aliphatic heterocycles. The standard InChI is InChI=1S/C40H47F3/c1-3-5-7-9-28-11-13-29(14-12-28)30-15-19-32(20-16-30)36-25-24-35(27-38(36)41)31-17-21-33(22-18-31)37-26-23-34(10-8-6-4-2)39(42)40(37)43/h4,6,17-19,21-30H,3,5,7-16,20H2,1-2H3/b6-4+. The lowest BCUT2D eigenvalue weighted by atomic mass is 9.70. The summed E-state index contributed by atoms with van der Waals surface area (Å²) in [6.45, 7) is 4.19. The largest absolute Gasteiger partial charge is 0.206 e. The highest BCUT2D eigenvalue weighted by atomic mass is 19.2. The zero-order valence-electron chi connectivity index (χ0n) is 26.0. The van der Waals surface area contributed by atoms with Crippen LogP contribution in [0.25, 0.3) is 27.8 Å². The lowest BCUT2D eigenvalue weighted by molar-refractivity contribution is 0.187. The highest BCUT2D eigenvalue weighted by molar-refractivity contribution is 5.74. The van der Waals surface area contributed by atoms with Crippen molar-refractivity contribution < 1.29 is 13.2 Å². The van der Waals surface area contributed by atoms with Gasteiger partial charge in [-0.3, -0.25) is 0 Å². The molecule has 1 fully saturated rings. The van der Waals surface area contributed by atoms with Crippen LogP contribution in [-0.2, 0) is 6.42 Å². The van der Waals surface area contributed by atoms with Gasteiger partial charge in [0.05, 0.1) is 0 Å². The van der Waals surface area contributed by atoms with E-state index in [1.165, 1.54) is 51.4 Å². The second kappa shape index (κ2) is 15.1. The van der Waals surface area contributed by atoms with E-state index in [0.717, 1.165) is 53.7 Å². The molecule has 1 unspecified atom stereocenters. The molecule has 3 aromatic rings. The maximum atomic E-state index is 15.4. The van der Waals surface area contributed by atoms with Crippen LogP contribution in [0, 0.1) is 35.2 Å². The van der Waals surface area contributed by atoms with Crippen LogP contribution in [0.3, 0.4) is 0 Å². The van der Waals surface area contributed by atoms with Crippen LogP contribution in [0.4, 0.5) is 13.2 Å². The molecule has 0 saturated heterocycles. The van der Waals surface area contributed by atoms with Crippen molar-refractivity contribution in [2.45, 2.75) is 97.3 Å². The first-order valence-electron chi connectivity index (χ1n) is 16.7. The Kier molecular flexibility index (Phi) is 11.0. The molecule has 0 N–H and O–H groups in total. The van der Waals surface area contributed by atoms with E-state index in [1.54, 1.807) is 30.3 Å². The molecule has 0 heterocycles. The van der Waals surface area contributed by atoms with Crippen molar-refractivity contribution in [2.24, 2.45) is 17.8 Å². The van der Waals surface area contributed by atoms with Crippen LogP contribution in [0.15, 0.2) is 72.8 Å². The van der Waals surface area contributed by atoms with Gasteiger partial charge in [0.2, 0.25) is 0 Å². The van der Waals surface area contributed by atoms with Gasteiger partial charge in [0.15, 0.2) is 11.6 Å². The molecular weight excluding hydrogens is 537 g/mol. The summed E-state index contributed by atoms with van der Waals surface area (Å²) in [4.78, 5) is 0. The average Bonchev–Trinajstić information content (AvgIpc) is 3.04. The van der Waals surface area contributed by atoms with E-state index in [9.17, 15) is 8.78 Å². The lowest BCUT2D eigenvalue weighted by Crippen LogP contribution is -2.23. The van der Waals surface area contributed by atoms with Gasteiger partial charge >= 0.3 is 0 Å². The second-order valence-corrected chi connectivity index (χ2v) is 12.8. The van der Waals surface area contributed by atoms with Gasteiger partial charge in [-0.1, -0.05) is 112 Å². The minimum absolute atomic E-state index is 0.194. The molecule has 1 saturated carbocycles. The van der Waals surface area contributed by atoms with E-state index < -0.39 is 11.6 Å². The molecule has 0 spiro atoms. The Bertz CT molecular complexity index is 1410. The summed E-state index contributed by atoms with van der Waals surface area (Å²) in [7, 11) is 0. The Balaban J connectivity index is 1.20. The Morgan fingerprint density at radius 3 is 2.14 bits per heavy atom. The molecule has 5 rings (SSSR count). The monoisotopic (exact) mass is 584 g/mol. The smallest absolute Gasteiger partial charge is 0.166 e. The Morgan fingerprint density at radius 1 is 0.744 bits per heavy atom. The highest BCUT2D eigenvalue weighted by Crippen LogP contribution is 2.43. The van der Waals surface area contributed by atoms with Gasteiger partial charge < -0.3 is 0 Å². The maximum absolute atomic E-state index is 15.4. The summed E-state index contributed by atoms with van der Waals surface area (Å²) >= 11 is 0. The minimum Gasteiger partial charge on any atom is -0.206 e. The first kappa shape index (κ1) is 31.4. The molecule has 0 radical (unpaired) electrons. The molecule has 3 aromatic carbocycles. The fraction of sp³-hybridized carbons (Fsp3) is 0.450. The fourth-order valence-corrected chi connectivity index (χ4v) is 7.37. The Morgan fingerprint density at radius 2 is 1.47 bits per heavy atom. The van der Waals surface area contributed by atoms with E-state index in [-0.39, 0.29) is 11.4 Å². The number of unbranched alkanes of at least 4 members (excludes halogenated alkanes) is 2. The van der Waals surface area contributed by atoms with Gasteiger partial charge in [0, 0.05) is 11.1 Å². The van der Waals surface area contributed by atoms with Crippen LogP contribution in [0.2, 0.25) is 0 Å². The molecule has 1 atom stereocenters. The van der Waals surface area contributed by atoms with E-state index in [1.807, 2.05) is 43.3 Å². The number of hydrogen-bond acceptors (Lipinski definition) is 0. The number of rotatable bonds is 11. The van der Waals surface area contributed by atoms with Gasteiger partial charge in [-0.25, -0.2) is 13.2 Å². The third-order valence-corrected chi connectivity index (χ3v) is 10.0. The molecule has 0 aromatic heterocycles. The van der Waals surface area contributed by atoms with Crippen LogP contribution >= 0.6 is 0 Å². The number of allylic oxidation sites excluding steroid dienone is 4. The van der Waals surface area contributed by atoms with Gasteiger partial charge in [0.1, 0.15) is 5.82 Å². The molecule has 2 aliphatic carbocycles. The topological polar surface area (TPSA) is 0 Å². The van der Waals surface area contributed by atoms with E-state index in [4.69, 9.17) is 0 Å². The van der Waals surface area contributed by atoms with Gasteiger partial charge in [-0.15, -0.1) is 0 Å². The molecule has 228 valence electrons. The molecule has 2 aliphatic rings. The molecule has 3 heteroatoms. The van der Waals surface area contributed by atoms with Crippen molar-refractivity contribution in [2.75, 3.05) is 0 Å². The van der Waals surface area contributed by atoms with Crippen LogP contribution in [0.5, 0.6) is 0 Å². The number of benzene rings is 3. The number of halogens is 3. The average molecular weight is 585 g/mol. The van der Waals surface area contributed by atoms with Gasteiger partial charge in [0.25, 0.3) is 0 Å². The zero-order valence-corrected chi connectivity index (χ0v) is 26.0. The van der Waals surface area contributed by atoms with Gasteiger partial charge in [-0.2, -0.15) is 0 Å². The normalized spacial score (nSPS) is 20.9. The summed E-state index contributed by atoms with van der Waals surface area (Å²) in [5.74, 6) is 0.725. The molecule has 0 amide bonds. The molecule has 0 bridgehead atoms. The van der Waals surface area contributed by atoms with Crippen LogP contribution in [-0.4, -0.2) is 0 Å². The van der Waals surface area contributed by atoms with Crippen LogP contribution in [0.1, 0.15) is 102 Å². The van der Waals surface area contributed by atoms with Crippen molar-refractivity contribution in [1.29, 1.82) is 0 Å². The second-order valence-electron chi connectivity index (χ2n) is 12.8. The summed E-state index contributed by atoms with van der Waals surface area (Å²) in [6.07, 6.45) is 21.5. The third-order valence-electron chi connectivity index (χ3n) is 10.0. The molecule has 0 nitrogen and oxygen atoms in total. The summed E-state index contributed by atoms with van der Waals surface area (Å²) in [5, 5.41) is 0. The SMILES string of the molecule is C/C=C/CCc1ccc(-c2ccc(-c3ccc(C4=CCC(C5CCC(CCCCC)CC5)CC4)c(F)c3)cc2)c(F)c1F. The fourth-order valence-electron chi connectivity index (χ4n) is 7.37. The molecule has 43 heavy (non-hydrogen) atoms. The Labute approximate surface area is 257 Å². The van der Waals surface area contributed by atoms with Gasteiger partial charge in [-0.05, 0) is 104 Å². The predicted octanol–water partition coefficient (Wildman–Crippen LogP) is 12.5.